The van der Waals surface area contributed by atoms with E-state index in [9.17, 15) is 0 Å². The predicted octanol–water partition coefficient (Wildman–Crippen LogP) is 2.77. The van der Waals surface area contributed by atoms with E-state index >= 15 is 0 Å². The second kappa shape index (κ2) is 4.38. The molecule has 0 aromatic carbocycles. The molecule has 0 atom stereocenters. The van der Waals surface area contributed by atoms with E-state index in [0.29, 0.717) is 5.82 Å². The molecule has 2 heterocycles. The minimum atomic E-state index is -0.124. The summed E-state index contributed by atoms with van der Waals surface area (Å²) in [4.78, 5) is 9.45. The number of hydrogen-bond donors (Lipinski definition) is 1. The Bertz CT molecular complexity index is 484. The van der Waals surface area contributed by atoms with Gasteiger partial charge in [-0.25, -0.2) is 9.97 Å². The highest BCUT2D eigenvalue weighted by Gasteiger charge is 2.06. The molecule has 0 aliphatic rings. The van der Waals surface area contributed by atoms with Gasteiger partial charge in [-0.1, -0.05) is 0 Å². The van der Waals surface area contributed by atoms with E-state index < -0.39 is 0 Å². The Morgan fingerprint density at radius 2 is 2.20 bits per heavy atom. The summed E-state index contributed by atoms with van der Waals surface area (Å²) in [5.74, 6) is 0.467. The molecule has 0 radical (unpaired) electrons. The summed E-state index contributed by atoms with van der Waals surface area (Å²) in [5, 5.41) is 9.01. The molecule has 0 bridgehead atoms. The molecule has 0 amide bonds. The fraction of sp³-hybridized carbons (Fsp3) is 0.200. The van der Waals surface area contributed by atoms with Gasteiger partial charge in [0.1, 0.15) is 6.61 Å². The van der Waals surface area contributed by atoms with Crippen molar-refractivity contribution in [1.29, 1.82) is 0 Å². The van der Waals surface area contributed by atoms with Gasteiger partial charge >= 0.3 is 0 Å². The van der Waals surface area contributed by atoms with Crippen LogP contribution in [0.5, 0.6) is 0 Å². The van der Waals surface area contributed by atoms with Crippen LogP contribution >= 0.6 is 27.3 Å². The maximum Gasteiger partial charge on any atom is 0.154 e. The van der Waals surface area contributed by atoms with Crippen LogP contribution in [-0.4, -0.2) is 15.1 Å². The van der Waals surface area contributed by atoms with E-state index in [-0.39, 0.29) is 6.61 Å². The van der Waals surface area contributed by atoms with Gasteiger partial charge in [-0.05, 0) is 41.1 Å². The number of rotatable bonds is 2. The number of aliphatic hydroxyl groups excluding tert-OH is 1. The fourth-order valence-corrected chi connectivity index (χ4v) is 2.63. The summed E-state index contributed by atoms with van der Waals surface area (Å²) in [6.07, 6.45) is 0. The maximum atomic E-state index is 9.01. The molecule has 3 nitrogen and oxygen atoms in total. The first-order chi connectivity index (χ1) is 7.19. The highest BCUT2D eigenvalue weighted by atomic mass is 79.9. The zero-order valence-electron chi connectivity index (χ0n) is 8.07. The Morgan fingerprint density at radius 1 is 1.40 bits per heavy atom. The van der Waals surface area contributed by atoms with Crippen molar-refractivity contribution >= 4 is 27.3 Å². The number of thiophene rings is 1. The van der Waals surface area contributed by atoms with Gasteiger partial charge in [0, 0.05) is 5.69 Å². The van der Waals surface area contributed by atoms with Crippen LogP contribution in [0.25, 0.3) is 10.6 Å². The minimum Gasteiger partial charge on any atom is -0.388 e. The summed E-state index contributed by atoms with van der Waals surface area (Å²) in [6.45, 7) is 1.77. The molecule has 0 saturated carbocycles. The van der Waals surface area contributed by atoms with Gasteiger partial charge in [0.05, 0.1) is 14.4 Å². The summed E-state index contributed by atoms with van der Waals surface area (Å²) >= 11 is 5.02. The van der Waals surface area contributed by atoms with Crippen LogP contribution in [0.4, 0.5) is 0 Å². The van der Waals surface area contributed by atoms with E-state index in [1.807, 2.05) is 25.1 Å². The van der Waals surface area contributed by atoms with Crippen molar-refractivity contribution in [1.82, 2.24) is 9.97 Å². The van der Waals surface area contributed by atoms with Crippen molar-refractivity contribution in [3.05, 3.63) is 33.5 Å². The Kier molecular flexibility index (Phi) is 3.14. The third kappa shape index (κ3) is 2.42. The van der Waals surface area contributed by atoms with E-state index in [2.05, 4.69) is 25.9 Å². The standard InChI is InChI=1S/C10H9BrN2OS/c1-6-4-7(13-10(5-14)12-6)8-2-3-9(11)15-8/h2-4,14H,5H2,1H3. The number of hydrogen-bond acceptors (Lipinski definition) is 4. The highest BCUT2D eigenvalue weighted by Crippen LogP contribution is 2.30. The van der Waals surface area contributed by atoms with Gasteiger partial charge in [0.25, 0.3) is 0 Å². The van der Waals surface area contributed by atoms with E-state index in [1.54, 1.807) is 11.3 Å². The van der Waals surface area contributed by atoms with Crippen molar-refractivity contribution in [3.8, 4) is 10.6 Å². The van der Waals surface area contributed by atoms with Crippen LogP contribution < -0.4 is 0 Å². The van der Waals surface area contributed by atoms with Crippen LogP contribution in [0.1, 0.15) is 11.5 Å². The lowest BCUT2D eigenvalue weighted by Gasteiger charge is -2.01. The molecule has 5 heteroatoms. The molecule has 15 heavy (non-hydrogen) atoms. The third-order valence-electron chi connectivity index (χ3n) is 1.87. The molecule has 2 aromatic rings. The highest BCUT2D eigenvalue weighted by molar-refractivity contribution is 9.11. The van der Waals surface area contributed by atoms with Crippen LogP contribution in [0, 0.1) is 6.92 Å². The van der Waals surface area contributed by atoms with Crippen LogP contribution in [-0.2, 0) is 6.61 Å². The predicted molar refractivity (Wildman–Crippen MR) is 63.7 cm³/mol. The molecular formula is C10H9BrN2OS. The lowest BCUT2D eigenvalue weighted by Crippen LogP contribution is -1.97. The second-order valence-electron chi connectivity index (χ2n) is 3.07. The Labute approximate surface area is 100.0 Å². The van der Waals surface area contributed by atoms with Crippen LogP contribution in [0.15, 0.2) is 22.0 Å². The van der Waals surface area contributed by atoms with Gasteiger partial charge in [0.15, 0.2) is 5.82 Å². The van der Waals surface area contributed by atoms with E-state index in [4.69, 9.17) is 5.11 Å². The summed E-state index contributed by atoms with van der Waals surface area (Å²) in [7, 11) is 0. The van der Waals surface area contributed by atoms with E-state index in [0.717, 1.165) is 20.1 Å². The SMILES string of the molecule is Cc1cc(-c2ccc(Br)s2)nc(CO)n1. The van der Waals surface area contributed by atoms with Crippen molar-refractivity contribution < 1.29 is 5.11 Å². The van der Waals surface area contributed by atoms with Gasteiger partial charge in [-0.3, -0.25) is 0 Å². The first kappa shape index (κ1) is 10.7. The quantitative estimate of drug-likeness (QED) is 0.922. The number of nitrogens with zero attached hydrogens (tertiary/aromatic N) is 2. The molecule has 78 valence electrons. The summed E-state index contributed by atoms with van der Waals surface area (Å²) in [6, 6.07) is 5.89. The molecule has 2 rings (SSSR count). The van der Waals surface area contributed by atoms with Gasteiger partial charge in [-0.15, -0.1) is 11.3 Å². The second-order valence-corrected chi connectivity index (χ2v) is 5.54. The molecule has 2 aromatic heterocycles. The molecule has 1 N–H and O–H groups in total. The third-order valence-corrected chi connectivity index (χ3v) is 3.51. The van der Waals surface area contributed by atoms with E-state index in [1.165, 1.54) is 0 Å². The van der Waals surface area contributed by atoms with Crippen molar-refractivity contribution in [2.24, 2.45) is 0 Å². The van der Waals surface area contributed by atoms with Gasteiger partial charge < -0.3 is 5.11 Å². The molecular weight excluding hydrogens is 276 g/mol. The average Bonchev–Trinajstić information content (AvgIpc) is 2.64. The summed E-state index contributed by atoms with van der Waals surface area (Å²) < 4.78 is 1.07. The lowest BCUT2D eigenvalue weighted by molar-refractivity contribution is 0.271. The van der Waals surface area contributed by atoms with Crippen LogP contribution in [0.3, 0.4) is 0 Å². The molecule has 0 aliphatic heterocycles. The normalized spacial score (nSPS) is 10.6. The smallest absolute Gasteiger partial charge is 0.154 e. The first-order valence-corrected chi connectivity index (χ1v) is 6.01. The Balaban J connectivity index is 2.48. The molecule has 0 spiro atoms. The fourth-order valence-electron chi connectivity index (χ4n) is 1.28. The molecule has 0 saturated heterocycles. The first-order valence-electron chi connectivity index (χ1n) is 4.40. The topological polar surface area (TPSA) is 46.0 Å². The molecule has 0 fully saturated rings. The van der Waals surface area contributed by atoms with Crippen molar-refractivity contribution in [3.63, 3.8) is 0 Å². The lowest BCUT2D eigenvalue weighted by atomic mass is 10.3. The van der Waals surface area contributed by atoms with Gasteiger partial charge in [0.2, 0.25) is 0 Å². The van der Waals surface area contributed by atoms with Crippen molar-refractivity contribution in [2.75, 3.05) is 0 Å². The molecule has 0 aliphatic carbocycles. The number of halogens is 1. The van der Waals surface area contributed by atoms with Gasteiger partial charge in [-0.2, -0.15) is 0 Å². The molecule has 0 unspecified atom stereocenters. The minimum absolute atomic E-state index is 0.124. The van der Waals surface area contributed by atoms with Crippen molar-refractivity contribution in [2.45, 2.75) is 13.5 Å². The van der Waals surface area contributed by atoms with Crippen LogP contribution in [0.2, 0.25) is 0 Å². The number of aliphatic hydroxyl groups is 1. The Hall–Kier alpha value is -0.780. The largest absolute Gasteiger partial charge is 0.388 e. The average molecular weight is 285 g/mol. The Morgan fingerprint density at radius 3 is 2.80 bits per heavy atom. The maximum absolute atomic E-state index is 9.01. The monoisotopic (exact) mass is 284 g/mol. The summed E-state index contributed by atoms with van der Waals surface area (Å²) in [5.41, 5.74) is 1.73. The zero-order chi connectivity index (χ0) is 10.8. The number of aryl methyl sites for hydroxylation is 1. The number of aromatic nitrogens is 2. The zero-order valence-corrected chi connectivity index (χ0v) is 10.5.